The zero-order chi connectivity index (χ0) is 11.1. The highest BCUT2D eigenvalue weighted by Crippen LogP contribution is 2.34. The van der Waals surface area contributed by atoms with Crippen LogP contribution in [0.1, 0.15) is 17.9 Å². The van der Waals surface area contributed by atoms with E-state index in [1.165, 1.54) is 35.9 Å². The molecule has 3 nitrogen and oxygen atoms in total. The zero-order valence-corrected chi connectivity index (χ0v) is 10.5. The summed E-state index contributed by atoms with van der Waals surface area (Å²) in [5, 5.41) is 1.43. The van der Waals surface area contributed by atoms with Crippen molar-refractivity contribution in [1.82, 2.24) is 9.47 Å². The van der Waals surface area contributed by atoms with Gasteiger partial charge in [-0.15, -0.1) is 11.8 Å². The van der Waals surface area contributed by atoms with E-state index in [9.17, 15) is 0 Å². The van der Waals surface area contributed by atoms with Gasteiger partial charge in [-0.1, -0.05) is 0 Å². The van der Waals surface area contributed by atoms with Gasteiger partial charge in [-0.2, -0.15) is 0 Å². The Morgan fingerprint density at radius 2 is 2.31 bits per heavy atom. The van der Waals surface area contributed by atoms with Crippen LogP contribution in [0.3, 0.4) is 0 Å². The van der Waals surface area contributed by atoms with Gasteiger partial charge in [-0.25, -0.2) is 0 Å². The van der Waals surface area contributed by atoms with Gasteiger partial charge in [0.05, 0.1) is 5.03 Å². The molecule has 2 atom stereocenters. The fraction of sp³-hybridized carbons (Fsp3) is 0.667. The van der Waals surface area contributed by atoms with Crippen LogP contribution < -0.4 is 5.73 Å². The Balaban J connectivity index is 1.81. The lowest BCUT2D eigenvalue weighted by molar-refractivity contribution is 0.228. The fourth-order valence-electron chi connectivity index (χ4n) is 2.82. The Morgan fingerprint density at radius 1 is 1.44 bits per heavy atom. The summed E-state index contributed by atoms with van der Waals surface area (Å²) >= 11 is 1.97. The van der Waals surface area contributed by atoms with Gasteiger partial charge in [0.25, 0.3) is 0 Å². The number of hydrogen-bond donors (Lipinski definition) is 1. The van der Waals surface area contributed by atoms with Crippen molar-refractivity contribution in [3.8, 4) is 0 Å². The summed E-state index contributed by atoms with van der Waals surface area (Å²) in [4.78, 5) is 2.33. The molecular weight excluding hydrogens is 218 g/mol. The highest BCUT2D eigenvalue weighted by molar-refractivity contribution is 7.99. The largest absolute Gasteiger partial charge is 0.342 e. The summed E-state index contributed by atoms with van der Waals surface area (Å²) in [6.45, 7) is 3.37. The zero-order valence-electron chi connectivity index (χ0n) is 9.72. The van der Waals surface area contributed by atoms with Crippen LogP contribution in [0.5, 0.6) is 0 Å². The minimum atomic E-state index is 0.298. The van der Waals surface area contributed by atoms with Crippen LogP contribution in [0.15, 0.2) is 17.3 Å². The lowest BCUT2D eigenvalue weighted by Crippen LogP contribution is -2.45. The first-order chi connectivity index (χ1) is 7.74. The number of aromatic nitrogens is 1. The number of piperidine rings is 1. The number of fused-ring (bicyclic) bond motifs is 1. The van der Waals surface area contributed by atoms with E-state index in [1.807, 2.05) is 11.8 Å². The highest BCUT2D eigenvalue weighted by Gasteiger charge is 2.28. The first-order valence-corrected chi connectivity index (χ1v) is 6.99. The van der Waals surface area contributed by atoms with Crippen molar-refractivity contribution in [2.24, 2.45) is 5.73 Å². The molecular formula is C12H19N3S. The normalized spacial score (nSPS) is 30.6. The average molecular weight is 237 g/mol. The van der Waals surface area contributed by atoms with Crippen molar-refractivity contribution < 1.29 is 0 Å². The molecule has 1 saturated heterocycles. The molecule has 2 N–H and O–H groups in total. The number of likely N-dealkylation sites (tertiary alicyclic amines) is 1. The van der Waals surface area contributed by atoms with Gasteiger partial charge in [-0.3, -0.25) is 0 Å². The molecule has 4 heteroatoms. The first kappa shape index (κ1) is 10.7. The van der Waals surface area contributed by atoms with Gasteiger partial charge in [-0.05, 0) is 31.6 Å². The van der Waals surface area contributed by atoms with Crippen LogP contribution >= 0.6 is 11.8 Å². The number of nitrogens with two attached hydrogens (primary N) is 1. The summed E-state index contributed by atoms with van der Waals surface area (Å²) in [6.07, 6.45) is 3.52. The second-order valence-corrected chi connectivity index (χ2v) is 6.09. The van der Waals surface area contributed by atoms with E-state index in [-0.39, 0.29) is 0 Å². The van der Waals surface area contributed by atoms with E-state index in [0.29, 0.717) is 12.0 Å². The van der Waals surface area contributed by atoms with Gasteiger partial charge in [0.2, 0.25) is 0 Å². The highest BCUT2D eigenvalue weighted by atomic mass is 32.2. The molecule has 0 bridgehead atoms. The van der Waals surface area contributed by atoms with Crippen molar-refractivity contribution in [1.29, 1.82) is 0 Å². The molecule has 0 amide bonds. The van der Waals surface area contributed by atoms with Crippen LogP contribution in [0, 0.1) is 0 Å². The van der Waals surface area contributed by atoms with Gasteiger partial charge in [0, 0.05) is 37.0 Å². The van der Waals surface area contributed by atoms with Crippen molar-refractivity contribution in [3.63, 3.8) is 0 Å². The molecule has 3 rings (SSSR count). The Kier molecular flexibility index (Phi) is 2.73. The molecule has 0 radical (unpaired) electrons. The van der Waals surface area contributed by atoms with Crippen molar-refractivity contribution in [3.05, 3.63) is 17.8 Å². The predicted molar refractivity (Wildman–Crippen MR) is 68.0 cm³/mol. The van der Waals surface area contributed by atoms with E-state index < -0.39 is 0 Å². The van der Waals surface area contributed by atoms with Gasteiger partial charge in [0.1, 0.15) is 0 Å². The summed E-state index contributed by atoms with van der Waals surface area (Å²) in [5.74, 6) is 1.80. The molecule has 2 unspecified atom stereocenters. The van der Waals surface area contributed by atoms with Gasteiger partial charge in [0.15, 0.2) is 0 Å². The van der Waals surface area contributed by atoms with Crippen molar-refractivity contribution >= 4 is 11.8 Å². The van der Waals surface area contributed by atoms with Crippen LogP contribution in [0.4, 0.5) is 0 Å². The second-order valence-electron chi connectivity index (χ2n) is 4.97. The third-order valence-corrected chi connectivity index (χ3v) is 4.78. The van der Waals surface area contributed by atoms with Crippen molar-refractivity contribution in [2.45, 2.75) is 30.0 Å². The standard InChI is InChI=1S/C12H19N3S/c1-14-3-2-10(11(13)8-14)9-6-12-15(7-9)4-5-16-12/h6-7,10-11H,2-5,8,13H2,1H3. The van der Waals surface area contributed by atoms with E-state index in [0.717, 1.165) is 6.54 Å². The molecule has 1 fully saturated rings. The molecule has 0 aliphatic carbocycles. The number of hydrogen-bond acceptors (Lipinski definition) is 3. The summed E-state index contributed by atoms with van der Waals surface area (Å²) < 4.78 is 2.38. The minimum absolute atomic E-state index is 0.298. The monoisotopic (exact) mass is 237 g/mol. The van der Waals surface area contributed by atoms with E-state index >= 15 is 0 Å². The SMILES string of the molecule is CN1CCC(c2cc3n(c2)CCS3)C(N)C1. The maximum absolute atomic E-state index is 6.26. The Morgan fingerprint density at radius 3 is 3.06 bits per heavy atom. The van der Waals surface area contributed by atoms with Crippen molar-refractivity contribution in [2.75, 3.05) is 25.9 Å². The van der Waals surface area contributed by atoms with Gasteiger partial charge >= 0.3 is 0 Å². The van der Waals surface area contributed by atoms with Crippen LogP contribution in [-0.4, -0.2) is 41.4 Å². The fourth-order valence-corrected chi connectivity index (χ4v) is 3.85. The quantitative estimate of drug-likeness (QED) is 0.800. The minimum Gasteiger partial charge on any atom is -0.342 e. The Hall–Kier alpha value is -0.450. The molecule has 0 saturated carbocycles. The van der Waals surface area contributed by atoms with Crippen LogP contribution in [0.2, 0.25) is 0 Å². The summed E-state index contributed by atoms with van der Waals surface area (Å²) in [5.41, 5.74) is 7.72. The number of rotatable bonds is 1. The molecule has 0 aromatic carbocycles. The second kappa shape index (κ2) is 4.09. The van der Waals surface area contributed by atoms with E-state index in [1.54, 1.807) is 0 Å². The first-order valence-electron chi connectivity index (χ1n) is 6.01. The molecule has 1 aromatic heterocycles. The Bertz CT molecular complexity index is 366. The number of likely N-dealkylation sites (N-methyl/N-ethyl adjacent to an activating group) is 1. The molecule has 1 aromatic rings. The molecule has 2 aliphatic heterocycles. The number of aryl methyl sites for hydroxylation is 1. The Labute approximate surface area is 101 Å². The van der Waals surface area contributed by atoms with E-state index in [4.69, 9.17) is 5.73 Å². The molecule has 0 spiro atoms. The maximum Gasteiger partial charge on any atom is 0.0751 e. The molecule has 16 heavy (non-hydrogen) atoms. The lowest BCUT2D eigenvalue weighted by atomic mass is 9.87. The molecule has 3 heterocycles. The third-order valence-electron chi connectivity index (χ3n) is 3.75. The summed E-state index contributed by atoms with van der Waals surface area (Å²) in [6, 6.07) is 2.65. The van der Waals surface area contributed by atoms with Crippen LogP contribution in [0.25, 0.3) is 0 Å². The van der Waals surface area contributed by atoms with Gasteiger partial charge < -0.3 is 15.2 Å². The van der Waals surface area contributed by atoms with E-state index in [2.05, 4.69) is 28.8 Å². The lowest BCUT2D eigenvalue weighted by Gasteiger charge is -2.34. The van der Waals surface area contributed by atoms with Crippen LogP contribution in [-0.2, 0) is 6.54 Å². The molecule has 88 valence electrons. The summed E-state index contributed by atoms with van der Waals surface area (Å²) in [7, 11) is 2.16. The third kappa shape index (κ3) is 1.79. The number of nitrogens with zero attached hydrogens (tertiary/aromatic N) is 2. The molecule has 2 aliphatic rings. The predicted octanol–water partition coefficient (Wildman–Crippen LogP) is 1.34. The number of thioether (sulfide) groups is 1. The smallest absolute Gasteiger partial charge is 0.0751 e. The maximum atomic E-state index is 6.26. The topological polar surface area (TPSA) is 34.2 Å². The average Bonchev–Trinajstić information content (AvgIpc) is 2.76.